The van der Waals surface area contributed by atoms with E-state index in [4.69, 9.17) is 9.47 Å². The van der Waals surface area contributed by atoms with Crippen LogP contribution in [0.15, 0.2) is 48.5 Å². The predicted molar refractivity (Wildman–Crippen MR) is 141 cm³/mol. The summed E-state index contributed by atoms with van der Waals surface area (Å²) in [7, 11) is 3.31. The summed E-state index contributed by atoms with van der Waals surface area (Å²) in [5.41, 5.74) is 6.56. The number of hydrogen-bond donors (Lipinski definition) is 2. The zero-order valence-corrected chi connectivity index (χ0v) is 21.6. The third kappa shape index (κ3) is 5.53. The van der Waals surface area contributed by atoms with Crippen LogP contribution in [0.5, 0.6) is 11.5 Å². The lowest BCUT2D eigenvalue weighted by atomic mass is 10.0. The molecule has 178 valence electrons. The molecule has 2 N–H and O–H groups in total. The summed E-state index contributed by atoms with van der Waals surface area (Å²) in [6, 6.07) is 16.5. The zero-order chi connectivity index (χ0) is 24.2. The highest BCUT2D eigenvalue weighted by Gasteiger charge is 2.16. The lowest BCUT2D eigenvalue weighted by Gasteiger charge is -2.08. The molecule has 0 aliphatic carbocycles. The third-order valence-electron chi connectivity index (χ3n) is 5.85. The molecule has 6 heteroatoms. The highest BCUT2D eigenvalue weighted by Crippen LogP contribution is 2.40. The van der Waals surface area contributed by atoms with Gasteiger partial charge in [0.05, 0.1) is 27.4 Å². The first kappa shape index (κ1) is 24.5. The van der Waals surface area contributed by atoms with Gasteiger partial charge < -0.3 is 19.7 Å². The van der Waals surface area contributed by atoms with E-state index in [1.54, 1.807) is 14.2 Å². The Hall–Kier alpha value is -2.64. The molecular weight excluding hydrogens is 464 g/mol. The Balaban J connectivity index is 1.64. The minimum absolute atomic E-state index is 0.00182. The van der Waals surface area contributed by atoms with E-state index in [0.717, 1.165) is 46.6 Å². The lowest BCUT2D eigenvalue weighted by Crippen LogP contribution is -1.94. The number of benzene rings is 2. The Kier molecular flexibility index (Phi) is 7.73. The van der Waals surface area contributed by atoms with Gasteiger partial charge in [0, 0.05) is 19.5 Å². The molecule has 0 fully saturated rings. The van der Waals surface area contributed by atoms with Gasteiger partial charge in [-0.3, -0.25) is 0 Å². The van der Waals surface area contributed by atoms with Gasteiger partial charge >= 0.3 is 0 Å². The van der Waals surface area contributed by atoms with Gasteiger partial charge in [0.1, 0.15) is 11.5 Å². The minimum atomic E-state index is -0.00450. The Morgan fingerprint density at radius 3 is 1.71 bits per heavy atom. The molecular formula is C28H30O4S2. The highest BCUT2D eigenvalue weighted by atomic mass is 32.1. The van der Waals surface area contributed by atoms with Crippen molar-refractivity contribution in [2.45, 2.75) is 39.9 Å². The molecule has 0 aliphatic heterocycles. The fraction of sp³-hybridized carbons (Fsp3) is 0.286. The van der Waals surface area contributed by atoms with Crippen molar-refractivity contribution in [3.05, 3.63) is 91.7 Å². The number of rotatable bonds is 9. The second-order valence-corrected chi connectivity index (χ2v) is 11.0. The van der Waals surface area contributed by atoms with Crippen molar-refractivity contribution in [3.8, 4) is 21.3 Å². The molecule has 0 atom stereocenters. The van der Waals surface area contributed by atoms with E-state index in [-0.39, 0.29) is 13.2 Å². The van der Waals surface area contributed by atoms with Crippen LogP contribution in [0.4, 0.5) is 0 Å². The van der Waals surface area contributed by atoms with Crippen LogP contribution in [0.25, 0.3) is 9.75 Å². The Bertz CT molecular complexity index is 1240. The molecule has 34 heavy (non-hydrogen) atoms. The minimum Gasteiger partial charge on any atom is -0.497 e. The number of aryl methyl sites for hydroxylation is 2. The average Bonchev–Trinajstić information content (AvgIpc) is 3.39. The molecule has 0 unspecified atom stereocenters. The van der Waals surface area contributed by atoms with E-state index < -0.39 is 0 Å². The van der Waals surface area contributed by atoms with Gasteiger partial charge in [-0.25, -0.2) is 0 Å². The molecule has 2 aromatic heterocycles. The van der Waals surface area contributed by atoms with Crippen LogP contribution in [0.1, 0.15) is 43.1 Å². The van der Waals surface area contributed by atoms with Crippen molar-refractivity contribution in [3.63, 3.8) is 0 Å². The first-order valence-electron chi connectivity index (χ1n) is 11.2. The number of hydrogen-bond acceptors (Lipinski definition) is 6. The van der Waals surface area contributed by atoms with Gasteiger partial charge in [-0.15, -0.1) is 22.7 Å². The van der Waals surface area contributed by atoms with Crippen LogP contribution in [-0.4, -0.2) is 24.4 Å². The lowest BCUT2D eigenvalue weighted by molar-refractivity contribution is 0.280. The van der Waals surface area contributed by atoms with E-state index in [2.05, 4.69) is 26.0 Å². The molecule has 2 aromatic carbocycles. The van der Waals surface area contributed by atoms with E-state index in [9.17, 15) is 10.2 Å². The molecule has 0 saturated carbocycles. The highest BCUT2D eigenvalue weighted by molar-refractivity contribution is 7.22. The summed E-state index contributed by atoms with van der Waals surface area (Å²) in [5, 5.41) is 19.2. The smallest absolute Gasteiger partial charge is 0.119 e. The van der Waals surface area contributed by atoms with Crippen molar-refractivity contribution < 1.29 is 19.7 Å². The first-order chi connectivity index (χ1) is 16.4. The maximum atomic E-state index is 9.63. The standard InChI is InChI=1S/C28H30O4S2/c1-17-5-24(9-20-7-22(16-30)13-26(11-20)32-4)28(33-17)27-14-23(18(2)34-27)8-19-6-21(15-29)12-25(10-19)31-3/h5-7,10-14,29-30H,8-9,15-16H2,1-4H3. The SMILES string of the molecule is COc1cc(CO)cc(Cc2cc(-c3sc(C)cc3Cc3cc(CO)cc(OC)c3)sc2C)c1. The normalized spacial score (nSPS) is 11.1. The van der Waals surface area contributed by atoms with Crippen molar-refractivity contribution >= 4 is 22.7 Å². The van der Waals surface area contributed by atoms with Crippen LogP contribution in [0.2, 0.25) is 0 Å². The molecule has 0 spiro atoms. The first-order valence-corrected chi connectivity index (χ1v) is 12.8. The third-order valence-corrected chi connectivity index (χ3v) is 8.22. The molecule has 0 amide bonds. The fourth-order valence-corrected chi connectivity index (χ4v) is 6.45. The summed E-state index contributed by atoms with van der Waals surface area (Å²) in [6.07, 6.45) is 1.58. The second kappa shape index (κ2) is 10.7. The molecule has 0 saturated heterocycles. The molecule has 4 aromatic rings. The van der Waals surface area contributed by atoms with Crippen LogP contribution >= 0.6 is 22.7 Å². The van der Waals surface area contributed by atoms with Crippen molar-refractivity contribution in [1.29, 1.82) is 0 Å². The summed E-state index contributed by atoms with van der Waals surface area (Å²) < 4.78 is 10.8. The fourth-order valence-electron chi connectivity index (χ4n) is 4.23. The Labute approximate surface area is 209 Å². The maximum absolute atomic E-state index is 9.63. The Morgan fingerprint density at radius 1 is 0.647 bits per heavy atom. The number of methoxy groups -OCH3 is 2. The summed E-state index contributed by atoms with van der Waals surface area (Å²) >= 11 is 3.65. The van der Waals surface area contributed by atoms with E-state index in [1.807, 2.05) is 59.1 Å². The molecule has 4 nitrogen and oxygen atoms in total. The number of thiophene rings is 2. The van der Waals surface area contributed by atoms with Crippen molar-refractivity contribution in [2.75, 3.05) is 14.2 Å². The van der Waals surface area contributed by atoms with Gasteiger partial charge in [-0.2, -0.15) is 0 Å². The van der Waals surface area contributed by atoms with Crippen LogP contribution in [0.3, 0.4) is 0 Å². The molecule has 4 rings (SSSR count). The van der Waals surface area contributed by atoms with Gasteiger partial charge in [0.15, 0.2) is 0 Å². The largest absolute Gasteiger partial charge is 0.497 e. The predicted octanol–water partition coefficient (Wildman–Crippen LogP) is 6.28. The number of aliphatic hydroxyl groups is 2. The van der Waals surface area contributed by atoms with Crippen molar-refractivity contribution in [1.82, 2.24) is 0 Å². The number of ether oxygens (including phenoxy) is 2. The van der Waals surface area contributed by atoms with Crippen LogP contribution < -0.4 is 9.47 Å². The van der Waals surface area contributed by atoms with E-state index >= 15 is 0 Å². The van der Waals surface area contributed by atoms with Gasteiger partial charge in [-0.1, -0.05) is 12.1 Å². The monoisotopic (exact) mass is 494 g/mol. The summed E-state index contributed by atoms with van der Waals surface area (Å²) in [6.45, 7) is 4.32. The second-order valence-electron chi connectivity index (χ2n) is 8.45. The van der Waals surface area contributed by atoms with Gasteiger partial charge in [-0.05, 0) is 96.5 Å². The maximum Gasteiger partial charge on any atom is 0.119 e. The average molecular weight is 495 g/mol. The van der Waals surface area contributed by atoms with Crippen molar-refractivity contribution in [2.24, 2.45) is 0 Å². The molecule has 0 radical (unpaired) electrons. The van der Waals surface area contributed by atoms with E-state index in [1.165, 1.54) is 30.6 Å². The zero-order valence-electron chi connectivity index (χ0n) is 20.0. The summed E-state index contributed by atoms with van der Waals surface area (Å²) in [5.74, 6) is 1.54. The molecule has 0 aliphatic rings. The topological polar surface area (TPSA) is 58.9 Å². The molecule has 2 heterocycles. The van der Waals surface area contributed by atoms with Crippen LogP contribution in [-0.2, 0) is 26.1 Å². The van der Waals surface area contributed by atoms with Gasteiger partial charge in [0.2, 0.25) is 0 Å². The quantitative estimate of drug-likeness (QED) is 0.288. The molecule has 0 bridgehead atoms. The van der Waals surface area contributed by atoms with Crippen LogP contribution in [0, 0.1) is 13.8 Å². The number of aliphatic hydroxyl groups excluding tert-OH is 2. The summed E-state index contributed by atoms with van der Waals surface area (Å²) in [4.78, 5) is 5.15. The van der Waals surface area contributed by atoms with Gasteiger partial charge in [0.25, 0.3) is 0 Å². The van der Waals surface area contributed by atoms with E-state index in [0.29, 0.717) is 0 Å². The Morgan fingerprint density at radius 2 is 1.18 bits per heavy atom.